The van der Waals surface area contributed by atoms with E-state index in [1.54, 1.807) is 17.6 Å². The lowest BCUT2D eigenvalue weighted by Gasteiger charge is -1.99. The number of carbonyl (C=O) groups is 1. The minimum Gasteiger partial charge on any atom is -0.398 e. The molecule has 1 heterocycles. The van der Waals surface area contributed by atoms with Crippen LogP contribution in [0.5, 0.6) is 0 Å². The molecule has 5 heteroatoms. The number of carbonyl (C=O) groups excluding carboxylic acids is 1. The largest absolute Gasteiger partial charge is 0.398 e. The van der Waals surface area contributed by atoms with E-state index in [1.165, 1.54) is 11.3 Å². The van der Waals surface area contributed by atoms with Crippen LogP contribution in [-0.4, -0.2) is 10.9 Å². The number of nitrogens with zero attached hydrogens (tertiary/aromatic N) is 1. The molecule has 0 fully saturated rings. The first-order chi connectivity index (χ1) is 6.18. The van der Waals surface area contributed by atoms with Crippen LogP contribution in [-0.2, 0) is 0 Å². The Kier molecular flexibility index (Phi) is 1.66. The molecule has 0 aliphatic rings. The van der Waals surface area contributed by atoms with Gasteiger partial charge >= 0.3 is 0 Å². The molecule has 0 saturated carbocycles. The number of aromatic nitrogens is 1. The van der Waals surface area contributed by atoms with Crippen LogP contribution in [0.2, 0.25) is 0 Å². The van der Waals surface area contributed by atoms with Gasteiger partial charge in [-0.1, -0.05) is 0 Å². The molecule has 0 aliphatic heterocycles. The van der Waals surface area contributed by atoms with Crippen LogP contribution >= 0.6 is 11.3 Å². The van der Waals surface area contributed by atoms with Crippen LogP contribution in [0.15, 0.2) is 17.6 Å². The van der Waals surface area contributed by atoms with Gasteiger partial charge in [0.15, 0.2) is 0 Å². The lowest BCUT2D eigenvalue weighted by atomic mass is 10.1. The van der Waals surface area contributed by atoms with Crippen molar-refractivity contribution in [3.05, 3.63) is 23.2 Å². The van der Waals surface area contributed by atoms with Gasteiger partial charge in [0, 0.05) is 5.69 Å². The average Bonchev–Trinajstić information content (AvgIpc) is 2.48. The van der Waals surface area contributed by atoms with Gasteiger partial charge in [-0.25, -0.2) is 4.98 Å². The van der Waals surface area contributed by atoms with E-state index in [-0.39, 0.29) is 0 Å². The summed E-state index contributed by atoms with van der Waals surface area (Å²) in [5.74, 6) is -0.507. The topological polar surface area (TPSA) is 82.0 Å². The number of amides is 1. The zero-order valence-corrected chi connectivity index (χ0v) is 7.47. The summed E-state index contributed by atoms with van der Waals surface area (Å²) in [6, 6.07) is 3.33. The van der Waals surface area contributed by atoms with E-state index in [2.05, 4.69) is 4.98 Å². The van der Waals surface area contributed by atoms with Crippen LogP contribution in [0.4, 0.5) is 5.69 Å². The van der Waals surface area contributed by atoms with Gasteiger partial charge in [0.1, 0.15) is 0 Å². The maximum atomic E-state index is 10.9. The van der Waals surface area contributed by atoms with Gasteiger partial charge in [-0.05, 0) is 12.1 Å². The molecule has 1 aromatic heterocycles. The fraction of sp³-hybridized carbons (Fsp3) is 0. The van der Waals surface area contributed by atoms with Crippen molar-refractivity contribution in [3.8, 4) is 0 Å². The molecule has 0 spiro atoms. The summed E-state index contributed by atoms with van der Waals surface area (Å²) in [5.41, 5.74) is 14.0. The third-order valence-electron chi connectivity index (χ3n) is 1.77. The Balaban J connectivity index is 2.76. The number of benzene rings is 1. The van der Waals surface area contributed by atoms with Crippen LogP contribution in [0.3, 0.4) is 0 Å². The third kappa shape index (κ3) is 1.23. The van der Waals surface area contributed by atoms with Gasteiger partial charge in [0.05, 0.1) is 21.3 Å². The molecule has 1 amide bonds. The number of nitrogen functional groups attached to an aromatic ring is 1. The maximum absolute atomic E-state index is 10.9. The SMILES string of the molecule is NC(=O)c1cc2scnc2cc1N. The highest BCUT2D eigenvalue weighted by Gasteiger charge is 2.08. The van der Waals surface area contributed by atoms with E-state index in [9.17, 15) is 4.79 Å². The fourth-order valence-electron chi connectivity index (χ4n) is 1.13. The second kappa shape index (κ2) is 2.70. The monoisotopic (exact) mass is 193 g/mol. The van der Waals surface area contributed by atoms with Crippen molar-refractivity contribution in [1.29, 1.82) is 0 Å². The van der Waals surface area contributed by atoms with Crippen molar-refractivity contribution in [1.82, 2.24) is 4.98 Å². The van der Waals surface area contributed by atoms with Crippen LogP contribution in [0.25, 0.3) is 10.2 Å². The molecule has 0 aliphatic carbocycles. The number of fused-ring (bicyclic) bond motifs is 1. The minimum absolute atomic E-state index is 0.358. The highest BCUT2D eigenvalue weighted by molar-refractivity contribution is 7.16. The van der Waals surface area contributed by atoms with Crippen LogP contribution < -0.4 is 11.5 Å². The molecule has 2 rings (SSSR count). The Morgan fingerprint density at radius 1 is 1.46 bits per heavy atom. The lowest BCUT2D eigenvalue weighted by molar-refractivity contribution is 0.100. The Morgan fingerprint density at radius 3 is 2.92 bits per heavy atom. The highest BCUT2D eigenvalue weighted by Crippen LogP contribution is 2.23. The zero-order valence-electron chi connectivity index (χ0n) is 6.65. The average molecular weight is 193 g/mol. The van der Waals surface area contributed by atoms with Gasteiger partial charge in [-0.3, -0.25) is 4.79 Å². The predicted molar refractivity (Wildman–Crippen MR) is 52.6 cm³/mol. The number of anilines is 1. The summed E-state index contributed by atoms with van der Waals surface area (Å²) in [5, 5.41) is 0. The number of nitrogens with two attached hydrogens (primary N) is 2. The molecule has 0 unspecified atom stereocenters. The second-order valence-corrected chi connectivity index (χ2v) is 3.51. The Hall–Kier alpha value is -1.62. The first kappa shape index (κ1) is 8.00. The second-order valence-electron chi connectivity index (χ2n) is 2.62. The molecular formula is C8H7N3OS. The summed E-state index contributed by atoms with van der Waals surface area (Å²) in [6.45, 7) is 0. The normalized spacial score (nSPS) is 10.5. The molecule has 4 nitrogen and oxygen atoms in total. The molecule has 0 atom stereocenters. The molecule has 66 valence electrons. The van der Waals surface area contributed by atoms with Crippen LogP contribution in [0, 0.1) is 0 Å². The standard InChI is InChI=1S/C8H7N3OS/c9-5-2-6-7(13-3-11-6)1-4(5)8(10)12/h1-3H,9H2,(H2,10,12). The molecule has 13 heavy (non-hydrogen) atoms. The summed E-state index contributed by atoms with van der Waals surface area (Å²) >= 11 is 1.45. The van der Waals surface area contributed by atoms with Crippen molar-refractivity contribution in [2.45, 2.75) is 0 Å². The van der Waals surface area contributed by atoms with Gasteiger partial charge in [-0.15, -0.1) is 11.3 Å². The van der Waals surface area contributed by atoms with Crippen molar-refractivity contribution in [2.24, 2.45) is 5.73 Å². The van der Waals surface area contributed by atoms with Crippen molar-refractivity contribution < 1.29 is 4.79 Å². The van der Waals surface area contributed by atoms with Crippen LogP contribution in [0.1, 0.15) is 10.4 Å². The summed E-state index contributed by atoms with van der Waals surface area (Å²) in [4.78, 5) is 15.0. The lowest BCUT2D eigenvalue weighted by Crippen LogP contribution is -2.13. The third-order valence-corrected chi connectivity index (χ3v) is 2.56. The molecular weight excluding hydrogens is 186 g/mol. The smallest absolute Gasteiger partial charge is 0.250 e. The Labute approximate surface area is 78.2 Å². The first-order valence-corrected chi connectivity index (χ1v) is 4.49. The number of hydrogen-bond acceptors (Lipinski definition) is 4. The van der Waals surface area contributed by atoms with Gasteiger partial charge in [-0.2, -0.15) is 0 Å². The number of rotatable bonds is 1. The number of primary amides is 1. The van der Waals surface area contributed by atoms with E-state index in [0.29, 0.717) is 11.3 Å². The minimum atomic E-state index is -0.507. The highest BCUT2D eigenvalue weighted by atomic mass is 32.1. The molecule has 0 saturated heterocycles. The van der Waals surface area contributed by atoms with E-state index in [4.69, 9.17) is 11.5 Å². The fourth-order valence-corrected chi connectivity index (χ4v) is 1.83. The quantitative estimate of drug-likeness (QED) is 0.662. The molecule has 4 N–H and O–H groups in total. The van der Waals surface area contributed by atoms with Crippen molar-refractivity contribution in [2.75, 3.05) is 5.73 Å². The molecule has 0 bridgehead atoms. The van der Waals surface area contributed by atoms with E-state index >= 15 is 0 Å². The Morgan fingerprint density at radius 2 is 2.23 bits per heavy atom. The van der Waals surface area contributed by atoms with Gasteiger partial charge in [0.25, 0.3) is 5.91 Å². The van der Waals surface area contributed by atoms with E-state index < -0.39 is 5.91 Å². The molecule has 1 aromatic carbocycles. The van der Waals surface area contributed by atoms with Gasteiger partial charge < -0.3 is 11.5 Å². The summed E-state index contributed by atoms with van der Waals surface area (Å²) in [7, 11) is 0. The Bertz CT molecular complexity index is 477. The summed E-state index contributed by atoms with van der Waals surface area (Å²) < 4.78 is 0.919. The maximum Gasteiger partial charge on any atom is 0.250 e. The zero-order chi connectivity index (χ0) is 9.42. The first-order valence-electron chi connectivity index (χ1n) is 3.61. The molecule has 0 radical (unpaired) electrons. The number of thiazole rings is 1. The van der Waals surface area contributed by atoms with E-state index in [0.717, 1.165) is 10.2 Å². The summed E-state index contributed by atoms with van der Waals surface area (Å²) in [6.07, 6.45) is 0. The number of hydrogen-bond donors (Lipinski definition) is 2. The molecule has 2 aromatic rings. The van der Waals surface area contributed by atoms with Crippen molar-refractivity contribution in [3.63, 3.8) is 0 Å². The predicted octanol–water partition coefficient (Wildman–Crippen LogP) is 0.977. The van der Waals surface area contributed by atoms with E-state index in [1.807, 2.05) is 0 Å². The van der Waals surface area contributed by atoms with Gasteiger partial charge in [0.2, 0.25) is 0 Å². The van der Waals surface area contributed by atoms with Crippen molar-refractivity contribution >= 4 is 33.1 Å².